The average molecular weight is 1810 g/mol. The molecular weight excluding hydrogens is 1720 g/mol. The van der Waals surface area contributed by atoms with E-state index in [1.165, 1.54) is 36.4 Å². The molecule has 0 spiro atoms. The molecule has 0 radical (unpaired) electrons. The number of halogens is 5. The molecule has 4 N–H and O–H groups in total. The van der Waals surface area contributed by atoms with Gasteiger partial charge in [-0.15, -0.1) is 0 Å². The van der Waals surface area contributed by atoms with Gasteiger partial charge in [-0.25, -0.2) is 41.9 Å². The summed E-state index contributed by atoms with van der Waals surface area (Å²) in [5, 5.41) is 11.1. The number of benzene rings is 8. The number of aromatic nitrogens is 4. The summed E-state index contributed by atoms with van der Waals surface area (Å²) >= 11 is 0. The summed E-state index contributed by atoms with van der Waals surface area (Å²) in [5.41, 5.74) is 10.5. The standard InChI is InChI=1S/C27H23FN2O4.C26H20F2N2O4.2C26H21FN2O4/c1-14-10-15(2-5-21(14)28)11-16(31)12-20-25-19-13-17(3-6-22(19)34-26(20)25)33-23-8-9-29-27-18(23)4-7-24(32)30-27;27-14-7-13(8-15(28)10-14)9-16(31)11-20-24-19-12-17(1-3-21(19)34-25(20)24)33-22-5-6-29-26-18(22)2-4-23(32)30-26;27-15-3-1-2-14(10-15)11-16(30)12-20-24-19-13-17(4-6-21(19)33-25(20)24)32-22-8-9-28-26-18(22)5-7-23(31)29-26;27-20-4-2-1-3-14(20)11-15(30)12-19-24-18-13-16(5-7-21(18)33-25(19)24)32-22-9-10-28-26-17(22)6-8-23(31)29-26/h2-3,5-6,8-10,13,20,25-26H,4,7,11-12H2,1H3,(H,29,30,32);1,3,5-8,10,12,20,24-25H,2,4,9,11H2,(H,29,30,32);1-4,6,8-10,13,20,24-25H,5,7,11-12H2,(H,28,29,31);1-5,7,9-10,13,19,24-25H,6,8,11-12H2,(H,28,29,31)/t20-,25-,26+;2*20-,24-,25+;19-,24-,25+/m0000/s1. The molecule has 4 aromatic heterocycles. The van der Waals surface area contributed by atoms with Crippen LogP contribution in [-0.2, 0) is 89.7 Å². The molecule has 12 aromatic rings. The van der Waals surface area contributed by atoms with E-state index in [2.05, 4.69) is 41.2 Å². The zero-order valence-electron chi connectivity index (χ0n) is 72.1. The third-order valence-electron chi connectivity index (χ3n) is 26.6. The van der Waals surface area contributed by atoms with Crippen molar-refractivity contribution in [3.8, 4) is 69.0 Å². The Hall–Kier alpha value is -15.0. The van der Waals surface area contributed by atoms with Crippen LogP contribution in [0.5, 0.6) is 69.0 Å². The number of pyridine rings is 4. The van der Waals surface area contributed by atoms with E-state index in [0.29, 0.717) is 169 Å². The quantitative estimate of drug-likeness (QED) is 0.0408. The lowest BCUT2D eigenvalue weighted by molar-refractivity contribution is -0.119. The van der Waals surface area contributed by atoms with Crippen LogP contribution in [0.1, 0.15) is 147 Å². The lowest BCUT2D eigenvalue weighted by atomic mass is 10.0. The largest absolute Gasteiger partial charge is 0.489 e. The summed E-state index contributed by atoms with van der Waals surface area (Å²) in [5.74, 6) is 9.49. The maximum atomic E-state index is 13.9. The number of hydrogen-bond donors (Lipinski definition) is 4. The van der Waals surface area contributed by atoms with Gasteiger partial charge < -0.3 is 59.2 Å². The predicted octanol–water partition coefficient (Wildman–Crippen LogP) is 18.7. The van der Waals surface area contributed by atoms with E-state index >= 15 is 0 Å². The van der Waals surface area contributed by atoms with Crippen LogP contribution in [0, 0.1) is 59.7 Å². The fourth-order valence-corrected chi connectivity index (χ4v) is 20.0. The Bertz CT molecular complexity index is 6850. The second-order valence-electron chi connectivity index (χ2n) is 35.8. The van der Waals surface area contributed by atoms with Crippen molar-refractivity contribution in [3.05, 3.63) is 308 Å². The number of hydrogen-bond acceptors (Lipinski definition) is 20. The number of anilines is 4. The van der Waals surface area contributed by atoms with Crippen molar-refractivity contribution in [2.75, 3.05) is 21.3 Å². The van der Waals surface area contributed by atoms with Gasteiger partial charge in [0.25, 0.3) is 0 Å². The van der Waals surface area contributed by atoms with E-state index in [1.54, 1.807) is 98.4 Å². The van der Waals surface area contributed by atoms with Gasteiger partial charge in [0.2, 0.25) is 23.6 Å². The molecule has 4 amide bonds. The summed E-state index contributed by atoms with van der Waals surface area (Å²) in [6.07, 6.45) is 12.4. The minimum Gasteiger partial charge on any atom is -0.489 e. The fourth-order valence-electron chi connectivity index (χ4n) is 20.0. The summed E-state index contributed by atoms with van der Waals surface area (Å²) in [4.78, 5) is 114. The summed E-state index contributed by atoms with van der Waals surface area (Å²) in [6.45, 7) is 1.71. The smallest absolute Gasteiger partial charge is 0.225 e. The molecule has 8 aromatic carbocycles. The monoisotopic (exact) mass is 1810 g/mol. The molecule has 0 saturated heterocycles. The van der Waals surface area contributed by atoms with Crippen LogP contribution in [0.25, 0.3) is 0 Å². The van der Waals surface area contributed by atoms with Crippen LogP contribution in [0.2, 0.25) is 0 Å². The number of Topliss-reactive ketones (excluding diaryl/α,β-unsaturated/α-hetero) is 4. The molecule has 29 heteroatoms. The molecule has 24 rings (SSSR count). The van der Waals surface area contributed by atoms with Crippen LogP contribution in [0.3, 0.4) is 0 Å². The minimum atomic E-state index is -0.686. The Morgan fingerprint density at radius 1 is 0.328 bits per heavy atom. The molecule has 8 aliphatic heterocycles. The van der Waals surface area contributed by atoms with Gasteiger partial charge in [0.1, 0.15) is 169 Å². The van der Waals surface area contributed by atoms with Gasteiger partial charge in [0.15, 0.2) is 0 Å². The average Bonchev–Trinajstić information content (AvgIpc) is 1.57. The lowest BCUT2D eigenvalue weighted by Crippen LogP contribution is -2.20. The molecule has 134 heavy (non-hydrogen) atoms. The van der Waals surface area contributed by atoms with Gasteiger partial charge >= 0.3 is 0 Å². The van der Waals surface area contributed by atoms with E-state index in [9.17, 15) is 60.3 Å². The number of carbonyl (C=O) groups excluding carboxylic acids is 8. The SMILES string of the molecule is Cc1cc(CC(=O)C[C@@H]2[C@H]3Oc4ccc(Oc5ccnc6c5CCC(=O)N6)cc4[C@@H]23)ccc1F.O=C(Cc1cc(F)cc(F)c1)C[C@@H]1[C@H]2Oc3ccc(Oc4ccnc5c4CCC(=O)N5)cc3[C@@H]12.O=C(Cc1cccc(F)c1)C[C@@H]1[C@H]2Oc3ccc(Oc4ccnc5c4CCC(=O)N5)cc3[C@@H]12.O=C(Cc1ccccc1F)C[C@@H]1[C@H]2Oc3ccc(Oc4ccnc5c4CCC(=O)N5)cc3[C@@H]12. The van der Waals surface area contributed by atoms with Gasteiger partial charge in [-0.3, -0.25) is 38.4 Å². The normalized spacial score (nSPS) is 21.7. The van der Waals surface area contributed by atoms with E-state index in [0.717, 1.165) is 79.1 Å². The summed E-state index contributed by atoms with van der Waals surface area (Å²) < 4.78 is 116. The Labute approximate surface area is 764 Å². The molecule has 676 valence electrons. The van der Waals surface area contributed by atoms with Crippen LogP contribution < -0.4 is 59.2 Å². The molecular formula is C105H85F5N8O16. The van der Waals surface area contributed by atoms with E-state index < -0.39 is 11.6 Å². The van der Waals surface area contributed by atoms with Crippen molar-refractivity contribution in [2.24, 2.45) is 23.7 Å². The number of carbonyl (C=O) groups is 8. The third kappa shape index (κ3) is 18.1. The minimum absolute atomic E-state index is 0.00960. The molecule has 0 bridgehead atoms. The highest BCUT2D eigenvalue weighted by atomic mass is 19.1. The maximum Gasteiger partial charge on any atom is 0.225 e. The number of rotatable bonds is 24. The van der Waals surface area contributed by atoms with Gasteiger partial charge in [0, 0.05) is 200 Å². The molecule has 12 heterocycles. The molecule has 12 atom stereocenters. The highest BCUT2D eigenvalue weighted by molar-refractivity contribution is 5.96. The van der Waals surface area contributed by atoms with Crippen LogP contribution in [0.4, 0.5) is 45.2 Å². The number of aryl methyl sites for hydroxylation is 1. The summed E-state index contributed by atoms with van der Waals surface area (Å²) in [7, 11) is 0. The number of ketones is 4. The first-order valence-corrected chi connectivity index (χ1v) is 44.8. The maximum absolute atomic E-state index is 13.9. The Kier molecular flexibility index (Phi) is 22.8. The van der Waals surface area contributed by atoms with Gasteiger partial charge in [0.05, 0.1) is 0 Å². The van der Waals surface area contributed by atoms with E-state index in [4.69, 9.17) is 37.9 Å². The van der Waals surface area contributed by atoms with Crippen LogP contribution in [0.15, 0.2) is 207 Å². The molecule has 4 saturated carbocycles. The lowest BCUT2D eigenvalue weighted by Gasteiger charge is -2.19. The third-order valence-corrected chi connectivity index (χ3v) is 26.6. The van der Waals surface area contributed by atoms with Crippen molar-refractivity contribution in [2.45, 2.75) is 158 Å². The molecule has 24 nitrogen and oxygen atoms in total. The number of ether oxygens (including phenoxy) is 8. The molecule has 4 aliphatic carbocycles. The Morgan fingerprint density at radius 3 is 1.00 bits per heavy atom. The number of nitrogens with one attached hydrogen (secondary N) is 4. The predicted molar refractivity (Wildman–Crippen MR) is 477 cm³/mol. The van der Waals surface area contributed by atoms with Gasteiger partial charge in [-0.1, -0.05) is 42.5 Å². The number of amides is 4. The summed E-state index contributed by atoms with van der Waals surface area (Å²) in [6, 6.07) is 50.6. The first-order valence-electron chi connectivity index (χ1n) is 44.8. The van der Waals surface area contributed by atoms with Gasteiger partial charge in [-0.2, -0.15) is 0 Å². The van der Waals surface area contributed by atoms with Crippen molar-refractivity contribution >= 4 is 70.0 Å². The van der Waals surface area contributed by atoms with Crippen molar-refractivity contribution in [1.82, 2.24) is 19.9 Å². The second-order valence-corrected chi connectivity index (χ2v) is 35.8. The van der Waals surface area contributed by atoms with E-state index in [1.807, 2.05) is 72.8 Å². The van der Waals surface area contributed by atoms with Crippen molar-refractivity contribution in [1.29, 1.82) is 0 Å². The second kappa shape index (κ2) is 35.6. The molecule has 4 fully saturated rings. The first-order chi connectivity index (χ1) is 65.0. The van der Waals surface area contributed by atoms with Gasteiger partial charge in [-0.05, 0) is 194 Å². The molecule has 0 unspecified atom stereocenters. The fraction of sp³-hybridized carbons (Fsp3) is 0.276. The topological polar surface area (TPSA) is 310 Å². The Morgan fingerprint density at radius 2 is 0.657 bits per heavy atom. The van der Waals surface area contributed by atoms with Crippen LogP contribution in [-0.4, -0.2) is 91.1 Å². The van der Waals surface area contributed by atoms with Crippen molar-refractivity contribution in [3.63, 3.8) is 0 Å². The number of nitrogens with zero attached hydrogens (tertiary/aromatic N) is 4. The first kappa shape index (κ1) is 85.7. The highest BCUT2D eigenvalue weighted by Crippen LogP contribution is 2.64. The van der Waals surface area contributed by atoms with Crippen LogP contribution >= 0.6 is 0 Å². The zero-order chi connectivity index (χ0) is 91.8. The number of fused-ring (bicyclic) bond motifs is 16. The van der Waals surface area contributed by atoms with E-state index in [-0.39, 0.29) is 162 Å². The molecule has 12 aliphatic rings. The zero-order valence-corrected chi connectivity index (χ0v) is 72.1. The van der Waals surface area contributed by atoms with Crippen molar-refractivity contribution < 1.29 is 98.2 Å². The Balaban J connectivity index is 0.000000107. The highest BCUT2D eigenvalue weighted by Gasteiger charge is 2.62.